The van der Waals surface area contributed by atoms with Gasteiger partial charge in [-0.05, 0) is 62.1 Å². The van der Waals surface area contributed by atoms with Crippen molar-refractivity contribution in [1.29, 1.82) is 5.26 Å². The first-order chi connectivity index (χ1) is 11.4. The topological polar surface area (TPSA) is 86.2 Å². The predicted molar refractivity (Wildman–Crippen MR) is 94.8 cm³/mol. The van der Waals surface area contributed by atoms with Crippen molar-refractivity contribution in [3.8, 4) is 11.8 Å². The maximum Gasteiger partial charge on any atom is 0.264 e. The highest BCUT2D eigenvalue weighted by Gasteiger charge is 2.13. The number of aliphatic hydroxyl groups is 1. The van der Waals surface area contributed by atoms with E-state index < -0.39 is 0 Å². The van der Waals surface area contributed by atoms with E-state index in [-0.39, 0.29) is 28.0 Å². The van der Waals surface area contributed by atoms with Gasteiger partial charge in [0, 0.05) is 11.9 Å². The Morgan fingerprint density at radius 2 is 2.04 bits per heavy atom. The number of pyridine rings is 1. The van der Waals surface area contributed by atoms with Crippen LogP contribution in [-0.2, 0) is 0 Å². The molecule has 0 saturated heterocycles. The number of aromatic hydroxyl groups is 1. The van der Waals surface area contributed by atoms with E-state index >= 15 is 0 Å². The quantitative estimate of drug-likeness (QED) is 0.665. The van der Waals surface area contributed by atoms with E-state index in [0.29, 0.717) is 11.1 Å². The van der Waals surface area contributed by atoms with E-state index in [1.807, 2.05) is 13.0 Å². The van der Waals surface area contributed by atoms with E-state index in [1.165, 1.54) is 29.7 Å². The summed E-state index contributed by atoms with van der Waals surface area (Å²) in [4.78, 5) is 12.9. The molecule has 0 radical (unpaired) electrons. The molecule has 0 saturated carbocycles. The Kier molecular flexibility index (Phi) is 4.90. The molecule has 0 aliphatic carbocycles. The Bertz CT molecular complexity index is 982. The number of phenols is 1. The maximum absolute atomic E-state index is 12.9. The number of aliphatic hydroxyl groups excluding tert-OH is 1. The number of hydrogen-bond acceptors (Lipinski definition) is 4. The molecule has 0 fully saturated rings. The summed E-state index contributed by atoms with van der Waals surface area (Å²) in [5.41, 5.74) is 1.07. The van der Waals surface area contributed by atoms with Gasteiger partial charge in [0.25, 0.3) is 5.56 Å². The minimum absolute atomic E-state index is 0.0534. The molecule has 0 spiro atoms. The molecule has 2 rings (SSSR count). The lowest BCUT2D eigenvalue weighted by Gasteiger charge is -2.12. The normalized spacial score (nSPS) is 12.8. The maximum atomic E-state index is 12.9. The summed E-state index contributed by atoms with van der Waals surface area (Å²) < 4.78 is 1.43. The van der Waals surface area contributed by atoms with Crippen molar-refractivity contribution in [2.45, 2.75) is 20.8 Å². The largest absolute Gasteiger partial charge is 0.513 e. The van der Waals surface area contributed by atoms with Crippen LogP contribution in [0, 0.1) is 18.3 Å². The monoisotopic (exact) mass is 322 g/mol. The van der Waals surface area contributed by atoms with Crippen molar-refractivity contribution in [2.75, 3.05) is 0 Å². The van der Waals surface area contributed by atoms with Crippen LogP contribution in [0.15, 0.2) is 53.2 Å². The highest BCUT2D eigenvalue weighted by Crippen LogP contribution is 2.25. The van der Waals surface area contributed by atoms with Crippen molar-refractivity contribution >= 4 is 16.5 Å². The van der Waals surface area contributed by atoms with E-state index in [9.17, 15) is 20.3 Å². The lowest BCUT2D eigenvalue weighted by Crippen LogP contribution is -2.20. The summed E-state index contributed by atoms with van der Waals surface area (Å²) in [6.45, 7) is 5.16. The number of nitrogens with zero attached hydrogens (tertiary/aromatic N) is 2. The average molecular weight is 322 g/mol. The highest BCUT2D eigenvalue weighted by atomic mass is 16.3. The summed E-state index contributed by atoms with van der Waals surface area (Å²) in [7, 11) is 0. The van der Waals surface area contributed by atoms with Gasteiger partial charge in [0.15, 0.2) is 0 Å². The summed E-state index contributed by atoms with van der Waals surface area (Å²) in [6.07, 6.45) is 8.27. The summed E-state index contributed by atoms with van der Waals surface area (Å²) in [5, 5.41) is 29.2. The van der Waals surface area contributed by atoms with Crippen LogP contribution in [0.5, 0.6) is 5.75 Å². The molecule has 24 heavy (non-hydrogen) atoms. The van der Waals surface area contributed by atoms with Gasteiger partial charge in [0.2, 0.25) is 0 Å². The molecule has 0 bridgehead atoms. The molecule has 122 valence electrons. The van der Waals surface area contributed by atoms with Crippen molar-refractivity contribution in [3.05, 3.63) is 69.9 Å². The van der Waals surface area contributed by atoms with Gasteiger partial charge in [-0.25, -0.2) is 0 Å². The molecule has 0 aliphatic rings. The average Bonchev–Trinajstić information content (AvgIpc) is 2.53. The van der Waals surface area contributed by atoms with E-state index in [1.54, 1.807) is 31.3 Å². The molecule has 0 unspecified atom stereocenters. The number of rotatable bonds is 3. The van der Waals surface area contributed by atoms with Gasteiger partial charge >= 0.3 is 0 Å². The zero-order chi connectivity index (χ0) is 17.9. The molecule has 5 heteroatoms. The molecular formula is C19H18N2O3. The minimum atomic E-state index is -0.361. The van der Waals surface area contributed by atoms with Crippen LogP contribution in [0.2, 0.25) is 0 Å². The number of aryl methyl sites for hydroxylation is 1. The first kappa shape index (κ1) is 17.1. The Hall–Kier alpha value is -3.26. The van der Waals surface area contributed by atoms with Crippen LogP contribution < -0.4 is 5.56 Å². The van der Waals surface area contributed by atoms with Crippen molar-refractivity contribution in [2.24, 2.45) is 0 Å². The number of fused-ring (bicyclic) bond motifs is 1. The fourth-order valence-electron chi connectivity index (χ4n) is 2.48. The number of hydrogen-bond donors (Lipinski definition) is 2. The van der Waals surface area contributed by atoms with Gasteiger partial charge in [0.1, 0.15) is 11.8 Å². The molecule has 2 aromatic rings. The SMILES string of the molecule is C\C=C/C(=C\C=C(/C)O)n1cc(C)c2cc(O)cc(C#N)c2c1=O. The highest BCUT2D eigenvalue weighted by molar-refractivity contribution is 5.91. The molecule has 2 N–H and O–H groups in total. The molecule has 0 amide bonds. The van der Waals surface area contributed by atoms with Gasteiger partial charge in [-0.2, -0.15) is 5.26 Å². The van der Waals surface area contributed by atoms with Crippen LogP contribution in [0.1, 0.15) is 25.0 Å². The van der Waals surface area contributed by atoms with Crippen LogP contribution in [0.4, 0.5) is 0 Å². The van der Waals surface area contributed by atoms with Crippen molar-refractivity contribution in [1.82, 2.24) is 4.57 Å². The number of allylic oxidation sites excluding steroid dienone is 6. The van der Waals surface area contributed by atoms with E-state index in [2.05, 4.69) is 0 Å². The smallest absolute Gasteiger partial charge is 0.264 e. The summed E-state index contributed by atoms with van der Waals surface area (Å²) in [5.74, 6) is 0.0626. The van der Waals surface area contributed by atoms with Crippen LogP contribution >= 0.6 is 0 Å². The molecular weight excluding hydrogens is 304 g/mol. The molecule has 5 nitrogen and oxygen atoms in total. The summed E-state index contributed by atoms with van der Waals surface area (Å²) in [6, 6.07) is 4.73. The van der Waals surface area contributed by atoms with Gasteiger partial charge in [-0.1, -0.05) is 6.08 Å². The van der Waals surface area contributed by atoms with Gasteiger partial charge < -0.3 is 10.2 Å². The van der Waals surface area contributed by atoms with Crippen LogP contribution in [0.25, 0.3) is 16.5 Å². The molecule has 0 aliphatic heterocycles. The Morgan fingerprint density at radius 1 is 1.33 bits per heavy atom. The second kappa shape index (κ2) is 6.88. The van der Waals surface area contributed by atoms with Crippen molar-refractivity contribution in [3.63, 3.8) is 0 Å². The number of nitriles is 1. The summed E-state index contributed by atoms with van der Waals surface area (Å²) >= 11 is 0. The van der Waals surface area contributed by atoms with Crippen LogP contribution in [-0.4, -0.2) is 14.8 Å². The number of benzene rings is 1. The van der Waals surface area contributed by atoms with Gasteiger partial charge in [-0.3, -0.25) is 9.36 Å². The molecule has 0 atom stereocenters. The fourth-order valence-corrected chi connectivity index (χ4v) is 2.48. The first-order valence-electron chi connectivity index (χ1n) is 7.38. The molecule has 1 heterocycles. The van der Waals surface area contributed by atoms with Crippen LogP contribution in [0.3, 0.4) is 0 Å². The Balaban J connectivity index is 2.92. The van der Waals surface area contributed by atoms with Gasteiger partial charge in [0.05, 0.1) is 16.7 Å². The number of aromatic nitrogens is 1. The lowest BCUT2D eigenvalue weighted by molar-refractivity contribution is 0.414. The standard InChI is InChI=1S/C19H18N2O3/c1-4-5-15(7-6-13(3)22)21-11-12(2)17-9-16(23)8-14(10-20)18(17)19(21)24/h4-9,11,22-23H,1-3H3/b5-4-,13-6+,15-7+. The first-order valence-corrected chi connectivity index (χ1v) is 7.38. The van der Waals surface area contributed by atoms with E-state index in [4.69, 9.17) is 0 Å². The molecule has 1 aromatic heterocycles. The van der Waals surface area contributed by atoms with E-state index in [0.717, 1.165) is 5.56 Å². The second-order valence-corrected chi connectivity index (χ2v) is 5.41. The molecule has 1 aromatic carbocycles. The fraction of sp³-hybridized carbons (Fsp3) is 0.158. The second-order valence-electron chi connectivity index (χ2n) is 5.41. The lowest BCUT2D eigenvalue weighted by atomic mass is 10.0. The Labute approximate surface area is 139 Å². The minimum Gasteiger partial charge on any atom is -0.513 e. The van der Waals surface area contributed by atoms with Gasteiger partial charge in [-0.15, -0.1) is 0 Å². The third-order valence-corrected chi connectivity index (χ3v) is 3.53. The zero-order valence-electron chi connectivity index (χ0n) is 13.7. The third kappa shape index (κ3) is 3.23. The Morgan fingerprint density at radius 3 is 2.62 bits per heavy atom. The predicted octanol–water partition coefficient (Wildman–Crippen LogP) is 3.77. The zero-order valence-corrected chi connectivity index (χ0v) is 13.7. The number of phenolic OH excluding ortho intramolecular Hbond substituents is 1. The third-order valence-electron chi connectivity index (χ3n) is 3.53. The van der Waals surface area contributed by atoms with Crippen molar-refractivity contribution < 1.29 is 10.2 Å².